The summed E-state index contributed by atoms with van der Waals surface area (Å²) in [7, 11) is 0. The Morgan fingerprint density at radius 3 is 2.87 bits per heavy atom. The van der Waals surface area contributed by atoms with Crippen molar-refractivity contribution in [2.24, 2.45) is 11.7 Å². The van der Waals surface area contributed by atoms with Crippen molar-refractivity contribution in [1.82, 2.24) is 25.9 Å². The van der Waals surface area contributed by atoms with Gasteiger partial charge in [0.25, 0.3) is 0 Å². The number of carbonyl (C=O) groups is 1. The van der Waals surface area contributed by atoms with E-state index in [2.05, 4.69) is 25.9 Å². The SMILES string of the molecule is CC(C)CC(N)C(=O)NCc1nn[nH]n1. The fraction of sp³-hybridized carbons (Fsp3) is 0.750. The van der Waals surface area contributed by atoms with E-state index in [0.29, 0.717) is 18.2 Å². The molecule has 0 saturated heterocycles. The summed E-state index contributed by atoms with van der Waals surface area (Å²) in [4.78, 5) is 11.5. The fourth-order valence-electron chi connectivity index (χ4n) is 1.17. The van der Waals surface area contributed by atoms with E-state index in [1.165, 1.54) is 0 Å². The largest absolute Gasteiger partial charge is 0.347 e. The topological polar surface area (TPSA) is 110 Å². The number of nitrogens with one attached hydrogen (secondary N) is 2. The Labute approximate surface area is 87.8 Å². The summed E-state index contributed by atoms with van der Waals surface area (Å²) in [5.41, 5.74) is 5.68. The number of nitrogens with two attached hydrogens (primary N) is 1. The second-order valence-corrected chi connectivity index (χ2v) is 3.78. The molecule has 0 aliphatic heterocycles. The summed E-state index contributed by atoms with van der Waals surface area (Å²) in [5.74, 6) is 0.657. The molecule has 1 aromatic rings. The van der Waals surface area contributed by atoms with Crippen LogP contribution < -0.4 is 11.1 Å². The fourth-order valence-corrected chi connectivity index (χ4v) is 1.17. The number of rotatable bonds is 5. The van der Waals surface area contributed by atoms with Crippen molar-refractivity contribution in [2.75, 3.05) is 0 Å². The summed E-state index contributed by atoms with van der Waals surface area (Å²) in [6.07, 6.45) is 0.665. The zero-order valence-electron chi connectivity index (χ0n) is 8.90. The predicted molar refractivity (Wildman–Crippen MR) is 53.5 cm³/mol. The Morgan fingerprint density at radius 2 is 2.33 bits per heavy atom. The average Bonchev–Trinajstić information content (AvgIpc) is 2.65. The summed E-state index contributed by atoms with van der Waals surface area (Å²) in [6, 6.07) is -0.475. The third-order valence-corrected chi connectivity index (χ3v) is 1.87. The first-order valence-electron chi connectivity index (χ1n) is 4.85. The molecule has 0 aliphatic carbocycles. The molecule has 7 heteroatoms. The molecule has 1 amide bonds. The standard InChI is InChI=1S/C8H16N6O/c1-5(2)3-6(9)8(15)10-4-7-11-13-14-12-7/h5-6H,3-4,9H2,1-2H3,(H,10,15)(H,11,12,13,14). The highest BCUT2D eigenvalue weighted by molar-refractivity contribution is 5.81. The van der Waals surface area contributed by atoms with Crippen LogP contribution in [0.3, 0.4) is 0 Å². The molecular weight excluding hydrogens is 196 g/mol. The van der Waals surface area contributed by atoms with Gasteiger partial charge in [-0.3, -0.25) is 4.79 Å². The highest BCUT2D eigenvalue weighted by Crippen LogP contribution is 2.02. The van der Waals surface area contributed by atoms with Crippen molar-refractivity contribution >= 4 is 5.91 Å². The third kappa shape index (κ3) is 4.03. The first kappa shape index (κ1) is 11.6. The van der Waals surface area contributed by atoms with Gasteiger partial charge in [0, 0.05) is 0 Å². The van der Waals surface area contributed by atoms with E-state index in [0.717, 1.165) is 0 Å². The number of carbonyl (C=O) groups excluding carboxylic acids is 1. The predicted octanol–water partition coefficient (Wildman–Crippen LogP) is -0.811. The van der Waals surface area contributed by atoms with E-state index in [1.807, 2.05) is 13.8 Å². The number of aromatic amines is 1. The van der Waals surface area contributed by atoms with E-state index in [-0.39, 0.29) is 12.5 Å². The molecule has 1 unspecified atom stereocenters. The zero-order valence-corrected chi connectivity index (χ0v) is 8.90. The Morgan fingerprint density at radius 1 is 1.60 bits per heavy atom. The lowest BCUT2D eigenvalue weighted by Gasteiger charge is -2.12. The van der Waals surface area contributed by atoms with Crippen molar-refractivity contribution < 1.29 is 4.79 Å². The molecular formula is C8H16N6O. The quantitative estimate of drug-likeness (QED) is 0.591. The van der Waals surface area contributed by atoms with Gasteiger partial charge in [-0.15, -0.1) is 10.2 Å². The van der Waals surface area contributed by atoms with Crippen molar-refractivity contribution in [1.29, 1.82) is 0 Å². The molecule has 0 bridgehead atoms. The maximum atomic E-state index is 11.5. The van der Waals surface area contributed by atoms with Gasteiger partial charge in [0.05, 0.1) is 12.6 Å². The maximum Gasteiger partial charge on any atom is 0.237 e. The molecule has 7 nitrogen and oxygen atoms in total. The van der Waals surface area contributed by atoms with E-state index < -0.39 is 6.04 Å². The van der Waals surface area contributed by atoms with E-state index in [1.54, 1.807) is 0 Å². The van der Waals surface area contributed by atoms with Crippen LogP contribution in [0.15, 0.2) is 0 Å². The highest BCUT2D eigenvalue weighted by atomic mass is 16.2. The highest BCUT2D eigenvalue weighted by Gasteiger charge is 2.14. The lowest BCUT2D eigenvalue weighted by molar-refractivity contribution is -0.122. The number of aromatic nitrogens is 4. The third-order valence-electron chi connectivity index (χ3n) is 1.87. The molecule has 0 spiro atoms. The second kappa shape index (κ2) is 5.40. The minimum atomic E-state index is -0.475. The summed E-state index contributed by atoms with van der Waals surface area (Å²) in [6.45, 7) is 4.29. The molecule has 1 rings (SSSR count). The van der Waals surface area contributed by atoms with Gasteiger partial charge >= 0.3 is 0 Å². The molecule has 1 heterocycles. The molecule has 4 N–H and O–H groups in total. The Kier molecular flexibility index (Phi) is 4.17. The minimum absolute atomic E-state index is 0.187. The normalized spacial score (nSPS) is 12.8. The van der Waals surface area contributed by atoms with Crippen LogP contribution >= 0.6 is 0 Å². The number of hydrogen-bond donors (Lipinski definition) is 3. The summed E-state index contributed by atoms with van der Waals surface area (Å²) in [5, 5.41) is 15.7. The smallest absolute Gasteiger partial charge is 0.237 e. The molecule has 1 aromatic heterocycles. The lowest BCUT2D eigenvalue weighted by Crippen LogP contribution is -2.41. The molecule has 1 atom stereocenters. The minimum Gasteiger partial charge on any atom is -0.347 e. The van der Waals surface area contributed by atoms with Gasteiger partial charge in [-0.1, -0.05) is 19.1 Å². The molecule has 0 fully saturated rings. The van der Waals surface area contributed by atoms with Crippen LogP contribution in [0, 0.1) is 5.92 Å². The van der Waals surface area contributed by atoms with E-state index in [4.69, 9.17) is 5.73 Å². The number of amides is 1. The zero-order chi connectivity index (χ0) is 11.3. The van der Waals surface area contributed by atoms with Crippen LogP contribution in [0.2, 0.25) is 0 Å². The van der Waals surface area contributed by atoms with Crippen LogP contribution in [0.4, 0.5) is 0 Å². The average molecular weight is 212 g/mol. The van der Waals surface area contributed by atoms with Gasteiger partial charge in [0.1, 0.15) is 0 Å². The number of hydrogen-bond acceptors (Lipinski definition) is 5. The lowest BCUT2D eigenvalue weighted by atomic mass is 10.0. The van der Waals surface area contributed by atoms with E-state index >= 15 is 0 Å². The molecule has 0 saturated carbocycles. The number of H-pyrrole nitrogens is 1. The summed E-state index contributed by atoms with van der Waals surface area (Å²) >= 11 is 0. The molecule has 15 heavy (non-hydrogen) atoms. The van der Waals surface area contributed by atoms with Crippen LogP contribution in [-0.4, -0.2) is 32.6 Å². The maximum absolute atomic E-state index is 11.5. The monoisotopic (exact) mass is 212 g/mol. The molecule has 0 aliphatic rings. The van der Waals surface area contributed by atoms with Crippen molar-refractivity contribution in [2.45, 2.75) is 32.9 Å². The number of tetrazole rings is 1. The van der Waals surface area contributed by atoms with Gasteiger partial charge in [-0.05, 0) is 12.3 Å². The van der Waals surface area contributed by atoms with Crippen LogP contribution in [-0.2, 0) is 11.3 Å². The van der Waals surface area contributed by atoms with Gasteiger partial charge < -0.3 is 11.1 Å². The molecule has 0 aromatic carbocycles. The first-order chi connectivity index (χ1) is 7.09. The summed E-state index contributed by atoms with van der Waals surface area (Å²) < 4.78 is 0. The van der Waals surface area contributed by atoms with Crippen LogP contribution in [0.5, 0.6) is 0 Å². The molecule has 84 valence electrons. The van der Waals surface area contributed by atoms with E-state index in [9.17, 15) is 4.79 Å². The van der Waals surface area contributed by atoms with Gasteiger partial charge in [-0.25, -0.2) is 0 Å². The Hall–Kier alpha value is -1.50. The van der Waals surface area contributed by atoms with Crippen LogP contribution in [0.1, 0.15) is 26.1 Å². The van der Waals surface area contributed by atoms with Gasteiger partial charge in [0.15, 0.2) is 5.82 Å². The van der Waals surface area contributed by atoms with Crippen molar-refractivity contribution in [3.8, 4) is 0 Å². The number of nitrogens with zero attached hydrogens (tertiary/aromatic N) is 3. The Bertz CT molecular complexity index is 296. The van der Waals surface area contributed by atoms with Gasteiger partial charge in [-0.2, -0.15) is 5.21 Å². The molecule has 0 radical (unpaired) electrons. The van der Waals surface area contributed by atoms with Crippen LogP contribution in [0.25, 0.3) is 0 Å². The van der Waals surface area contributed by atoms with Crippen molar-refractivity contribution in [3.63, 3.8) is 0 Å². The van der Waals surface area contributed by atoms with Gasteiger partial charge in [0.2, 0.25) is 5.91 Å². The Balaban J connectivity index is 2.29. The first-order valence-corrected chi connectivity index (χ1v) is 4.85. The van der Waals surface area contributed by atoms with Crippen molar-refractivity contribution in [3.05, 3.63) is 5.82 Å². The second-order valence-electron chi connectivity index (χ2n) is 3.78.